The molecule has 14 heavy (non-hydrogen) atoms. The Balaban J connectivity index is 1.94. The molecule has 1 aromatic rings. The van der Waals surface area contributed by atoms with Crippen LogP contribution in [0.15, 0.2) is 6.20 Å². The number of hydrogen-bond donors (Lipinski definition) is 1. The SMILES string of the molecule is CCC1CCCCC1Nc1cnns1. The summed E-state index contributed by atoms with van der Waals surface area (Å²) in [6.45, 7) is 2.29. The average molecular weight is 211 g/mol. The van der Waals surface area contributed by atoms with Crippen molar-refractivity contribution in [2.45, 2.75) is 45.1 Å². The van der Waals surface area contributed by atoms with Gasteiger partial charge in [0.05, 0.1) is 6.20 Å². The molecule has 3 nitrogen and oxygen atoms in total. The summed E-state index contributed by atoms with van der Waals surface area (Å²) in [6, 6.07) is 0.649. The molecule has 1 saturated carbocycles. The molecule has 0 aliphatic heterocycles. The van der Waals surface area contributed by atoms with Crippen LogP contribution in [0.3, 0.4) is 0 Å². The van der Waals surface area contributed by atoms with Gasteiger partial charge in [-0.2, -0.15) is 0 Å². The van der Waals surface area contributed by atoms with Crippen molar-refractivity contribution in [3.05, 3.63) is 6.20 Å². The van der Waals surface area contributed by atoms with Gasteiger partial charge in [0.25, 0.3) is 0 Å². The number of hydrogen-bond acceptors (Lipinski definition) is 4. The first-order valence-electron chi connectivity index (χ1n) is 5.44. The highest BCUT2D eigenvalue weighted by molar-refractivity contribution is 7.09. The van der Waals surface area contributed by atoms with Gasteiger partial charge in [0.15, 0.2) is 0 Å². The molecule has 0 aromatic carbocycles. The van der Waals surface area contributed by atoms with Crippen LogP contribution in [0.4, 0.5) is 5.00 Å². The molecule has 2 rings (SSSR count). The van der Waals surface area contributed by atoms with Crippen LogP contribution in [-0.4, -0.2) is 15.6 Å². The first-order valence-corrected chi connectivity index (χ1v) is 6.21. The fourth-order valence-corrected chi connectivity index (χ4v) is 2.78. The molecule has 1 aliphatic carbocycles. The van der Waals surface area contributed by atoms with E-state index in [1.165, 1.54) is 43.6 Å². The third-order valence-electron chi connectivity index (χ3n) is 3.12. The molecule has 1 aliphatic rings. The maximum Gasteiger partial charge on any atom is 0.130 e. The molecule has 0 spiro atoms. The predicted molar refractivity (Wildman–Crippen MR) is 59.6 cm³/mol. The maximum atomic E-state index is 3.87. The van der Waals surface area contributed by atoms with Crippen molar-refractivity contribution >= 4 is 16.5 Å². The summed E-state index contributed by atoms with van der Waals surface area (Å²) in [7, 11) is 0. The molecular weight excluding hydrogens is 194 g/mol. The Labute approximate surface area is 89.1 Å². The van der Waals surface area contributed by atoms with Crippen molar-refractivity contribution in [3.63, 3.8) is 0 Å². The molecule has 1 heterocycles. The van der Waals surface area contributed by atoms with Crippen LogP contribution in [0, 0.1) is 5.92 Å². The van der Waals surface area contributed by atoms with Gasteiger partial charge in [0.2, 0.25) is 0 Å². The minimum absolute atomic E-state index is 0.649. The Kier molecular flexibility index (Phi) is 3.35. The lowest BCUT2D eigenvalue weighted by molar-refractivity contribution is 0.317. The maximum absolute atomic E-state index is 3.87. The van der Waals surface area contributed by atoms with E-state index in [0.717, 1.165) is 10.9 Å². The number of rotatable bonds is 3. The summed E-state index contributed by atoms with van der Waals surface area (Å²) < 4.78 is 3.87. The Morgan fingerprint density at radius 1 is 1.50 bits per heavy atom. The van der Waals surface area contributed by atoms with E-state index in [1.54, 1.807) is 0 Å². The lowest BCUT2D eigenvalue weighted by Crippen LogP contribution is -2.31. The van der Waals surface area contributed by atoms with Crippen molar-refractivity contribution < 1.29 is 0 Å². The zero-order valence-corrected chi connectivity index (χ0v) is 9.39. The van der Waals surface area contributed by atoms with Crippen LogP contribution in [0.5, 0.6) is 0 Å². The van der Waals surface area contributed by atoms with Gasteiger partial charge < -0.3 is 5.32 Å². The highest BCUT2D eigenvalue weighted by Gasteiger charge is 2.23. The first kappa shape index (κ1) is 9.90. The van der Waals surface area contributed by atoms with Crippen molar-refractivity contribution in [1.82, 2.24) is 9.59 Å². The quantitative estimate of drug-likeness (QED) is 0.835. The second-order valence-electron chi connectivity index (χ2n) is 3.99. The molecule has 0 bridgehead atoms. The van der Waals surface area contributed by atoms with Crippen LogP contribution >= 0.6 is 11.5 Å². The molecule has 2 unspecified atom stereocenters. The van der Waals surface area contributed by atoms with Crippen LogP contribution in [-0.2, 0) is 0 Å². The summed E-state index contributed by atoms with van der Waals surface area (Å²) in [5.41, 5.74) is 0. The van der Waals surface area contributed by atoms with Gasteiger partial charge in [-0.25, -0.2) is 0 Å². The van der Waals surface area contributed by atoms with Gasteiger partial charge in [-0.15, -0.1) is 5.10 Å². The molecule has 78 valence electrons. The van der Waals surface area contributed by atoms with E-state index in [2.05, 4.69) is 21.8 Å². The fraction of sp³-hybridized carbons (Fsp3) is 0.800. The summed E-state index contributed by atoms with van der Waals surface area (Å²) >= 11 is 1.46. The van der Waals surface area contributed by atoms with Gasteiger partial charge in [0, 0.05) is 17.6 Å². The van der Waals surface area contributed by atoms with E-state index in [-0.39, 0.29) is 0 Å². The largest absolute Gasteiger partial charge is 0.371 e. The van der Waals surface area contributed by atoms with Gasteiger partial charge in [-0.05, 0) is 18.8 Å². The van der Waals surface area contributed by atoms with E-state index in [1.807, 2.05) is 6.20 Å². The fourth-order valence-electron chi connectivity index (χ4n) is 2.30. The van der Waals surface area contributed by atoms with Gasteiger partial charge in [0.1, 0.15) is 5.00 Å². The molecule has 1 N–H and O–H groups in total. The molecule has 0 amide bonds. The minimum atomic E-state index is 0.649. The monoisotopic (exact) mass is 211 g/mol. The Morgan fingerprint density at radius 3 is 3.07 bits per heavy atom. The van der Waals surface area contributed by atoms with Crippen LogP contribution in [0.2, 0.25) is 0 Å². The van der Waals surface area contributed by atoms with Gasteiger partial charge in [-0.3, -0.25) is 0 Å². The lowest BCUT2D eigenvalue weighted by Gasteiger charge is -2.31. The van der Waals surface area contributed by atoms with Crippen molar-refractivity contribution in [2.24, 2.45) is 5.92 Å². The van der Waals surface area contributed by atoms with Crippen molar-refractivity contribution in [3.8, 4) is 0 Å². The lowest BCUT2D eigenvalue weighted by atomic mass is 9.83. The van der Waals surface area contributed by atoms with E-state index in [4.69, 9.17) is 0 Å². The summed E-state index contributed by atoms with van der Waals surface area (Å²) in [4.78, 5) is 0. The van der Waals surface area contributed by atoms with Crippen LogP contribution in [0.25, 0.3) is 0 Å². The zero-order valence-electron chi connectivity index (χ0n) is 8.57. The third-order valence-corrected chi connectivity index (χ3v) is 3.72. The molecule has 0 saturated heterocycles. The number of nitrogens with zero attached hydrogens (tertiary/aromatic N) is 2. The summed E-state index contributed by atoms with van der Waals surface area (Å²) in [6.07, 6.45) is 8.55. The normalized spacial score (nSPS) is 27.5. The van der Waals surface area contributed by atoms with Crippen LogP contribution < -0.4 is 5.32 Å². The van der Waals surface area contributed by atoms with E-state index in [9.17, 15) is 0 Å². The van der Waals surface area contributed by atoms with Crippen molar-refractivity contribution in [2.75, 3.05) is 5.32 Å². The minimum Gasteiger partial charge on any atom is -0.371 e. The smallest absolute Gasteiger partial charge is 0.130 e. The second kappa shape index (κ2) is 4.73. The third kappa shape index (κ3) is 2.23. The molecular formula is C10H17N3S. The second-order valence-corrected chi connectivity index (χ2v) is 4.77. The Morgan fingerprint density at radius 2 is 2.36 bits per heavy atom. The summed E-state index contributed by atoms with van der Waals surface area (Å²) in [5, 5.41) is 8.52. The standard InChI is InChI=1S/C10H17N3S/c1-2-8-5-3-4-6-9(8)12-10-7-11-13-14-10/h7-9,12H,2-6H2,1H3. The van der Waals surface area contributed by atoms with E-state index < -0.39 is 0 Å². The van der Waals surface area contributed by atoms with Crippen LogP contribution in [0.1, 0.15) is 39.0 Å². The van der Waals surface area contributed by atoms with E-state index in [0.29, 0.717) is 6.04 Å². The summed E-state index contributed by atoms with van der Waals surface area (Å²) in [5.74, 6) is 0.839. The number of aromatic nitrogens is 2. The Hall–Kier alpha value is -0.640. The molecule has 1 aromatic heterocycles. The number of nitrogens with one attached hydrogen (secondary N) is 1. The van der Waals surface area contributed by atoms with Gasteiger partial charge in [-0.1, -0.05) is 30.7 Å². The first-order chi connectivity index (χ1) is 6.90. The molecule has 4 heteroatoms. The van der Waals surface area contributed by atoms with Gasteiger partial charge >= 0.3 is 0 Å². The average Bonchev–Trinajstić information content (AvgIpc) is 2.71. The zero-order chi connectivity index (χ0) is 9.80. The topological polar surface area (TPSA) is 37.8 Å². The highest BCUT2D eigenvalue weighted by atomic mass is 32.1. The van der Waals surface area contributed by atoms with E-state index >= 15 is 0 Å². The Bertz CT molecular complexity index is 260. The molecule has 2 atom stereocenters. The molecule has 0 radical (unpaired) electrons. The highest BCUT2D eigenvalue weighted by Crippen LogP contribution is 2.29. The molecule has 1 fully saturated rings. The predicted octanol–water partition coefficient (Wildman–Crippen LogP) is 2.92. The number of anilines is 1. The van der Waals surface area contributed by atoms with Crippen molar-refractivity contribution in [1.29, 1.82) is 0 Å².